The van der Waals surface area contributed by atoms with Crippen LogP contribution < -0.4 is 24.0 Å². The molecule has 1 heterocycles. The fourth-order valence-electron chi connectivity index (χ4n) is 0.910. The SMILES string of the molecule is CC1=C([O-])OC(C)(C(C)(C)C)O1.[Li+]. The maximum Gasteiger partial charge on any atom is 1.00 e. The molecule has 0 fully saturated rings. The number of allylic oxidation sites excluding steroid dienone is 1. The topological polar surface area (TPSA) is 41.5 Å². The Labute approximate surface area is 91.3 Å². The molecule has 0 aromatic heterocycles. The Kier molecular flexibility index (Phi) is 3.40. The van der Waals surface area contributed by atoms with Gasteiger partial charge >= 0.3 is 18.9 Å². The van der Waals surface area contributed by atoms with Gasteiger partial charge in [-0.25, -0.2) is 0 Å². The fraction of sp³-hybridized carbons (Fsp3) is 0.778. The molecular weight excluding hydrogens is 163 g/mol. The van der Waals surface area contributed by atoms with E-state index in [0.29, 0.717) is 5.76 Å². The summed E-state index contributed by atoms with van der Waals surface area (Å²) in [6.07, 6.45) is 0. The summed E-state index contributed by atoms with van der Waals surface area (Å²) in [5, 5.41) is 11.1. The van der Waals surface area contributed by atoms with E-state index in [0.717, 1.165) is 0 Å². The van der Waals surface area contributed by atoms with Crippen LogP contribution >= 0.6 is 0 Å². The van der Waals surface area contributed by atoms with Crippen LogP contribution in [0.3, 0.4) is 0 Å². The minimum Gasteiger partial charge on any atom is -0.572 e. The van der Waals surface area contributed by atoms with Crippen molar-refractivity contribution in [3.63, 3.8) is 0 Å². The normalized spacial score (nSPS) is 27.8. The third-order valence-electron chi connectivity index (χ3n) is 2.29. The predicted molar refractivity (Wildman–Crippen MR) is 42.7 cm³/mol. The van der Waals surface area contributed by atoms with Crippen LogP contribution in [0.1, 0.15) is 34.6 Å². The molecule has 0 aromatic rings. The van der Waals surface area contributed by atoms with Gasteiger partial charge in [0.2, 0.25) is 0 Å². The van der Waals surface area contributed by atoms with Crippen molar-refractivity contribution in [2.24, 2.45) is 5.41 Å². The minimum atomic E-state index is -0.811. The van der Waals surface area contributed by atoms with Crippen molar-refractivity contribution in [3.05, 3.63) is 11.7 Å². The van der Waals surface area contributed by atoms with Crippen molar-refractivity contribution in [2.45, 2.75) is 40.4 Å². The van der Waals surface area contributed by atoms with E-state index in [2.05, 4.69) is 0 Å². The Morgan fingerprint density at radius 1 is 1.23 bits per heavy atom. The van der Waals surface area contributed by atoms with E-state index in [4.69, 9.17) is 9.47 Å². The number of rotatable bonds is 0. The van der Waals surface area contributed by atoms with Gasteiger partial charge in [-0.1, -0.05) is 20.8 Å². The van der Waals surface area contributed by atoms with E-state index in [1.54, 1.807) is 13.8 Å². The molecule has 1 unspecified atom stereocenters. The zero-order valence-electron chi connectivity index (χ0n) is 9.22. The second kappa shape index (κ2) is 3.47. The van der Waals surface area contributed by atoms with Crippen molar-refractivity contribution in [3.8, 4) is 0 Å². The number of hydrogen-bond donors (Lipinski definition) is 0. The van der Waals surface area contributed by atoms with Crippen molar-refractivity contribution in [1.29, 1.82) is 0 Å². The van der Waals surface area contributed by atoms with Crippen LogP contribution in [0.15, 0.2) is 11.7 Å². The van der Waals surface area contributed by atoms with Crippen LogP contribution in [-0.2, 0) is 9.47 Å². The van der Waals surface area contributed by atoms with Gasteiger partial charge in [0.25, 0.3) is 0 Å². The molecule has 0 spiro atoms. The molecule has 0 amide bonds. The summed E-state index contributed by atoms with van der Waals surface area (Å²) in [7, 11) is 0. The predicted octanol–water partition coefficient (Wildman–Crippen LogP) is -1.65. The van der Waals surface area contributed by atoms with Gasteiger partial charge in [-0.3, -0.25) is 0 Å². The molecule has 1 aliphatic rings. The molecule has 1 aliphatic heterocycles. The van der Waals surface area contributed by atoms with Crippen molar-refractivity contribution >= 4 is 0 Å². The van der Waals surface area contributed by atoms with Crippen molar-refractivity contribution < 1.29 is 33.4 Å². The van der Waals surface area contributed by atoms with Crippen LogP contribution in [0.4, 0.5) is 0 Å². The molecule has 0 aromatic carbocycles. The Morgan fingerprint density at radius 2 is 1.69 bits per heavy atom. The van der Waals surface area contributed by atoms with E-state index < -0.39 is 5.79 Å². The zero-order chi connectivity index (χ0) is 9.57. The summed E-state index contributed by atoms with van der Waals surface area (Å²) in [5.74, 6) is -0.825. The van der Waals surface area contributed by atoms with Gasteiger partial charge in [-0.15, -0.1) is 0 Å². The number of hydrogen-bond acceptors (Lipinski definition) is 3. The largest absolute Gasteiger partial charge is 1.00 e. The molecule has 1 atom stereocenters. The van der Waals surface area contributed by atoms with Crippen LogP contribution in [0.25, 0.3) is 0 Å². The van der Waals surface area contributed by atoms with Crippen LogP contribution in [0.5, 0.6) is 0 Å². The molecule has 70 valence electrons. The van der Waals surface area contributed by atoms with Gasteiger partial charge < -0.3 is 14.6 Å². The first-order chi connectivity index (χ1) is 5.26. The summed E-state index contributed by atoms with van der Waals surface area (Å²) in [4.78, 5) is 0. The Hall–Kier alpha value is -0.263. The third-order valence-corrected chi connectivity index (χ3v) is 2.29. The van der Waals surface area contributed by atoms with E-state index >= 15 is 0 Å². The van der Waals surface area contributed by atoms with Crippen LogP contribution in [0.2, 0.25) is 0 Å². The Bertz CT molecular complexity index is 214. The molecule has 0 N–H and O–H groups in total. The van der Waals surface area contributed by atoms with E-state index in [-0.39, 0.29) is 30.2 Å². The summed E-state index contributed by atoms with van der Waals surface area (Å²) in [6, 6.07) is 0. The molecule has 1 rings (SSSR count). The molecule has 4 heteroatoms. The summed E-state index contributed by atoms with van der Waals surface area (Å²) in [5.41, 5.74) is -0.208. The van der Waals surface area contributed by atoms with Gasteiger partial charge in [0, 0.05) is 5.41 Å². The standard InChI is InChI=1S/C9H16O3.Li/c1-6-7(10)12-9(5,11-6)8(2,3)4;/h10H,1-5H3;/q;+1/p-1. The fourth-order valence-corrected chi connectivity index (χ4v) is 0.910. The van der Waals surface area contributed by atoms with Gasteiger partial charge in [0.15, 0.2) is 5.79 Å². The third kappa shape index (κ3) is 2.15. The molecule has 0 bridgehead atoms. The van der Waals surface area contributed by atoms with Gasteiger partial charge in [0.1, 0.15) is 5.76 Å². The van der Waals surface area contributed by atoms with Crippen LogP contribution in [-0.4, -0.2) is 5.79 Å². The first-order valence-electron chi connectivity index (χ1n) is 4.02. The zero-order valence-corrected chi connectivity index (χ0v) is 9.22. The molecule has 0 aliphatic carbocycles. The van der Waals surface area contributed by atoms with Gasteiger partial charge in [-0.05, 0) is 13.8 Å². The smallest absolute Gasteiger partial charge is 0.572 e. The van der Waals surface area contributed by atoms with E-state index in [1.807, 2.05) is 20.8 Å². The Morgan fingerprint density at radius 3 is 1.85 bits per heavy atom. The molecule has 3 nitrogen and oxygen atoms in total. The quantitative estimate of drug-likeness (QED) is 0.417. The van der Waals surface area contributed by atoms with Crippen molar-refractivity contribution in [2.75, 3.05) is 0 Å². The molecule has 0 saturated heterocycles. The molecule has 0 radical (unpaired) electrons. The first-order valence-corrected chi connectivity index (χ1v) is 4.02. The van der Waals surface area contributed by atoms with Gasteiger partial charge in [0.05, 0.1) is 5.95 Å². The van der Waals surface area contributed by atoms with E-state index in [9.17, 15) is 5.11 Å². The maximum absolute atomic E-state index is 11.1. The van der Waals surface area contributed by atoms with E-state index in [1.165, 1.54) is 0 Å². The summed E-state index contributed by atoms with van der Waals surface area (Å²) >= 11 is 0. The Balaban J connectivity index is 0.00000144. The monoisotopic (exact) mass is 178 g/mol. The average molecular weight is 178 g/mol. The maximum atomic E-state index is 11.1. The van der Waals surface area contributed by atoms with Crippen LogP contribution in [0, 0.1) is 5.41 Å². The van der Waals surface area contributed by atoms with Gasteiger partial charge in [-0.2, -0.15) is 0 Å². The summed E-state index contributed by atoms with van der Waals surface area (Å²) in [6.45, 7) is 9.32. The average Bonchev–Trinajstić information content (AvgIpc) is 2.06. The second-order valence-electron chi connectivity index (χ2n) is 4.24. The van der Waals surface area contributed by atoms with Crippen molar-refractivity contribution in [1.82, 2.24) is 0 Å². The minimum absolute atomic E-state index is 0. The molecular formula is C9H15LiO3. The first kappa shape index (κ1) is 12.7. The molecule has 0 saturated carbocycles. The molecule has 13 heavy (non-hydrogen) atoms. The second-order valence-corrected chi connectivity index (χ2v) is 4.24. The summed E-state index contributed by atoms with van der Waals surface area (Å²) < 4.78 is 10.5. The number of ether oxygens (including phenoxy) is 2.